The second kappa shape index (κ2) is 5.48. The molecule has 0 spiro atoms. The van der Waals surface area contributed by atoms with Crippen molar-refractivity contribution in [3.63, 3.8) is 0 Å². The predicted molar refractivity (Wildman–Crippen MR) is 63.8 cm³/mol. The summed E-state index contributed by atoms with van der Waals surface area (Å²) in [5.74, 6) is -0.938. The number of rotatable bonds is 3. The summed E-state index contributed by atoms with van der Waals surface area (Å²) in [7, 11) is 0. The van der Waals surface area contributed by atoms with Crippen LogP contribution in [0.5, 0.6) is 0 Å². The monoisotopic (exact) mass is 249 g/mol. The molecule has 1 saturated heterocycles. The SMILES string of the molecule is O=C(O)[C@H]1CCCN1C(=O)NCc1ccncc1. The molecule has 6 nitrogen and oxygen atoms in total. The molecule has 2 N–H and O–H groups in total. The number of pyridine rings is 1. The Labute approximate surface area is 105 Å². The van der Waals surface area contributed by atoms with E-state index in [1.807, 2.05) is 0 Å². The molecule has 96 valence electrons. The first-order valence-corrected chi connectivity index (χ1v) is 5.84. The highest BCUT2D eigenvalue weighted by Crippen LogP contribution is 2.17. The lowest BCUT2D eigenvalue weighted by Gasteiger charge is -2.21. The molecular weight excluding hydrogens is 234 g/mol. The van der Waals surface area contributed by atoms with Crippen molar-refractivity contribution in [2.45, 2.75) is 25.4 Å². The summed E-state index contributed by atoms with van der Waals surface area (Å²) in [5.41, 5.74) is 0.935. The standard InChI is InChI=1S/C12H15N3O3/c16-11(17)10-2-1-7-15(10)12(18)14-8-9-3-5-13-6-4-9/h3-6,10H,1-2,7-8H2,(H,14,18)(H,16,17)/t10-/m1/s1. The number of urea groups is 1. The van der Waals surface area contributed by atoms with Crippen molar-refractivity contribution >= 4 is 12.0 Å². The molecule has 1 atom stereocenters. The van der Waals surface area contributed by atoms with Gasteiger partial charge in [0.1, 0.15) is 6.04 Å². The van der Waals surface area contributed by atoms with E-state index in [1.165, 1.54) is 4.90 Å². The lowest BCUT2D eigenvalue weighted by atomic mass is 10.2. The van der Waals surface area contributed by atoms with Gasteiger partial charge in [-0.25, -0.2) is 9.59 Å². The summed E-state index contributed by atoms with van der Waals surface area (Å²) in [6, 6.07) is 2.59. The maximum atomic E-state index is 11.9. The van der Waals surface area contributed by atoms with Gasteiger partial charge in [-0.1, -0.05) is 0 Å². The quantitative estimate of drug-likeness (QED) is 0.831. The molecule has 0 aliphatic carbocycles. The molecule has 0 aromatic carbocycles. The molecule has 1 aromatic heterocycles. The lowest BCUT2D eigenvalue weighted by Crippen LogP contribution is -2.45. The van der Waals surface area contributed by atoms with Crippen LogP contribution in [0.2, 0.25) is 0 Å². The van der Waals surface area contributed by atoms with Crippen molar-refractivity contribution in [3.8, 4) is 0 Å². The summed E-state index contributed by atoms with van der Waals surface area (Å²) in [4.78, 5) is 28.1. The van der Waals surface area contributed by atoms with Gasteiger partial charge < -0.3 is 15.3 Å². The van der Waals surface area contributed by atoms with Crippen molar-refractivity contribution < 1.29 is 14.7 Å². The number of nitrogens with one attached hydrogen (secondary N) is 1. The second-order valence-electron chi connectivity index (χ2n) is 4.20. The predicted octanol–water partition coefficient (Wildman–Crippen LogP) is 0.840. The summed E-state index contributed by atoms with van der Waals surface area (Å²) < 4.78 is 0. The Bertz CT molecular complexity index is 435. The average molecular weight is 249 g/mol. The zero-order valence-corrected chi connectivity index (χ0v) is 9.87. The molecule has 0 radical (unpaired) electrons. The minimum Gasteiger partial charge on any atom is -0.480 e. The number of hydrogen-bond donors (Lipinski definition) is 2. The van der Waals surface area contributed by atoms with E-state index in [9.17, 15) is 9.59 Å². The molecule has 2 amide bonds. The van der Waals surface area contributed by atoms with Gasteiger partial charge in [-0.3, -0.25) is 4.98 Å². The lowest BCUT2D eigenvalue weighted by molar-refractivity contribution is -0.141. The third kappa shape index (κ3) is 2.77. The van der Waals surface area contributed by atoms with E-state index >= 15 is 0 Å². The molecule has 0 unspecified atom stereocenters. The Morgan fingerprint density at radius 1 is 1.44 bits per heavy atom. The number of aromatic nitrogens is 1. The molecule has 1 aliphatic heterocycles. The number of nitrogens with zero attached hydrogens (tertiary/aromatic N) is 2. The number of carbonyl (C=O) groups is 2. The van der Waals surface area contributed by atoms with Crippen LogP contribution in [0.15, 0.2) is 24.5 Å². The normalized spacial score (nSPS) is 18.7. The van der Waals surface area contributed by atoms with Crippen LogP contribution in [0.3, 0.4) is 0 Å². The minimum absolute atomic E-state index is 0.322. The fourth-order valence-electron chi connectivity index (χ4n) is 2.05. The number of carbonyl (C=O) groups excluding carboxylic acids is 1. The molecule has 0 bridgehead atoms. The third-order valence-corrected chi connectivity index (χ3v) is 2.99. The van der Waals surface area contributed by atoms with Crippen LogP contribution in [-0.4, -0.2) is 39.6 Å². The van der Waals surface area contributed by atoms with Crippen LogP contribution >= 0.6 is 0 Å². The maximum absolute atomic E-state index is 11.9. The highest BCUT2D eigenvalue weighted by Gasteiger charge is 2.33. The van der Waals surface area contributed by atoms with Crippen LogP contribution in [0.1, 0.15) is 18.4 Å². The summed E-state index contributed by atoms with van der Waals surface area (Å²) in [6.45, 7) is 0.878. The zero-order chi connectivity index (χ0) is 13.0. The second-order valence-corrected chi connectivity index (χ2v) is 4.20. The van der Waals surface area contributed by atoms with E-state index in [0.717, 1.165) is 12.0 Å². The van der Waals surface area contributed by atoms with Crippen molar-refractivity contribution in [1.29, 1.82) is 0 Å². The van der Waals surface area contributed by atoms with Crippen LogP contribution in [-0.2, 0) is 11.3 Å². The van der Waals surface area contributed by atoms with Gasteiger partial charge in [0.05, 0.1) is 0 Å². The summed E-state index contributed by atoms with van der Waals surface area (Å²) >= 11 is 0. The molecule has 6 heteroatoms. The largest absolute Gasteiger partial charge is 0.480 e. The van der Waals surface area contributed by atoms with Gasteiger partial charge in [0.25, 0.3) is 0 Å². The fraction of sp³-hybridized carbons (Fsp3) is 0.417. The van der Waals surface area contributed by atoms with E-state index in [0.29, 0.717) is 19.5 Å². The molecule has 1 fully saturated rings. The topological polar surface area (TPSA) is 82.5 Å². The smallest absolute Gasteiger partial charge is 0.326 e. The average Bonchev–Trinajstić information content (AvgIpc) is 2.86. The van der Waals surface area contributed by atoms with Gasteiger partial charge in [-0.15, -0.1) is 0 Å². The van der Waals surface area contributed by atoms with E-state index in [-0.39, 0.29) is 6.03 Å². The molecular formula is C12H15N3O3. The molecule has 18 heavy (non-hydrogen) atoms. The molecule has 0 saturated carbocycles. The van der Waals surface area contributed by atoms with Gasteiger partial charge in [0, 0.05) is 25.5 Å². The van der Waals surface area contributed by atoms with Crippen LogP contribution in [0.25, 0.3) is 0 Å². The molecule has 1 aliphatic rings. The Morgan fingerprint density at radius 2 is 2.17 bits per heavy atom. The van der Waals surface area contributed by atoms with Gasteiger partial charge in [0.15, 0.2) is 0 Å². The van der Waals surface area contributed by atoms with Gasteiger partial charge >= 0.3 is 12.0 Å². The van der Waals surface area contributed by atoms with E-state index in [4.69, 9.17) is 5.11 Å². The van der Waals surface area contributed by atoms with Crippen molar-refractivity contribution in [1.82, 2.24) is 15.2 Å². The zero-order valence-electron chi connectivity index (χ0n) is 9.87. The Balaban J connectivity index is 1.90. The van der Waals surface area contributed by atoms with E-state index in [1.54, 1.807) is 24.5 Å². The number of aliphatic carboxylic acids is 1. The highest BCUT2D eigenvalue weighted by molar-refractivity contribution is 5.83. The molecule has 1 aromatic rings. The van der Waals surface area contributed by atoms with Crippen LogP contribution < -0.4 is 5.32 Å². The van der Waals surface area contributed by atoms with Crippen molar-refractivity contribution in [2.24, 2.45) is 0 Å². The van der Waals surface area contributed by atoms with E-state index < -0.39 is 12.0 Å². The minimum atomic E-state index is -0.938. The number of hydrogen-bond acceptors (Lipinski definition) is 3. The highest BCUT2D eigenvalue weighted by atomic mass is 16.4. The Kier molecular flexibility index (Phi) is 3.76. The number of carboxylic acids is 1. The Hall–Kier alpha value is -2.11. The van der Waals surface area contributed by atoms with Crippen molar-refractivity contribution in [2.75, 3.05) is 6.54 Å². The van der Waals surface area contributed by atoms with Crippen LogP contribution in [0, 0.1) is 0 Å². The van der Waals surface area contributed by atoms with E-state index in [2.05, 4.69) is 10.3 Å². The van der Waals surface area contributed by atoms with Gasteiger partial charge in [0.2, 0.25) is 0 Å². The first kappa shape index (κ1) is 12.3. The van der Waals surface area contributed by atoms with Gasteiger partial charge in [-0.05, 0) is 30.5 Å². The molecule has 2 rings (SSSR count). The Morgan fingerprint density at radius 3 is 2.83 bits per heavy atom. The summed E-state index contributed by atoms with van der Waals surface area (Å²) in [5, 5.41) is 11.7. The summed E-state index contributed by atoms with van der Waals surface area (Å²) in [6.07, 6.45) is 4.56. The number of carboxylic acid groups (broad SMARTS) is 1. The van der Waals surface area contributed by atoms with Crippen LogP contribution in [0.4, 0.5) is 4.79 Å². The first-order chi connectivity index (χ1) is 8.68. The number of amides is 2. The number of likely N-dealkylation sites (tertiary alicyclic amines) is 1. The fourth-order valence-corrected chi connectivity index (χ4v) is 2.05. The van der Waals surface area contributed by atoms with Crippen molar-refractivity contribution in [3.05, 3.63) is 30.1 Å². The van der Waals surface area contributed by atoms with Gasteiger partial charge in [-0.2, -0.15) is 0 Å². The maximum Gasteiger partial charge on any atom is 0.326 e. The first-order valence-electron chi connectivity index (χ1n) is 5.84. The molecule has 2 heterocycles. The third-order valence-electron chi connectivity index (χ3n) is 2.99.